The number of aromatic nitrogens is 2. The molecule has 6 heteroatoms. The summed E-state index contributed by atoms with van der Waals surface area (Å²) in [5, 5.41) is 2.74. The van der Waals surface area contributed by atoms with Gasteiger partial charge >= 0.3 is 5.97 Å². The molecule has 3 aromatic rings. The van der Waals surface area contributed by atoms with Crippen LogP contribution < -0.4 is 5.32 Å². The van der Waals surface area contributed by atoms with E-state index < -0.39 is 5.97 Å². The zero-order valence-electron chi connectivity index (χ0n) is 17.2. The van der Waals surface area contributed by atoms with E-state index in [1.54, 1.807) is 18.2 Å². The van der Waals surface area contributed by atoms with Gasteiger partial charge in [-0.25, -0.2) is 14.8 Å². The van der Waals surface area contributed by atoms with Gasteiger partial charge in [-0.05, 0) is 62.1 Å². The Kier molecular flexibility index (Phi) is 6.22. The number of esters is 1. The highest BCUT2D eigenvalue weighted by atomic mass is 16.5. The molecule has 1 N–H and O–H groups in total. The fourth-order valence-electron chi connectivity index (χ4n) is 2.90. The Morgan fingerprint density at radius 3 is 2.31 bits per heavy atom. The summed E-state index contributed by atoms with van der Waals surface area (Å²) >= 11 is 0. The molecule has 1 amide bonds. The number of rotatable bonds is 6. The molecule has 0 fully saturated rings. The number of anilines is 1. The highest BCUT2D eigenvalue weighted by molar-refractivity contribution is 5.97. The number of benzene rings is 2. The minimum Gasteiger partial charge on any atom is -0.452 e. The Labute approximate surface area is 170 Å². The number of hydrogen-bond donors (Lipinski definition) is 1. The van der Waals surface area contributed by atoms with Crippen molar-refractivity contribution >= 4 is 28.6 Å². The molecule has 0 spiro atoms. The number of amides is 1. The summed E-state index contributed by atoms with van der Waals surface area (Å²) in [6.07, 6.45) is 1.06. The Bertz CT molecular complexity index is 1050. The predicted octanol–water partition coefficient (Wildman–Crippen LogP) is 4.56. The van der Waals surface area contributed by atoms with Crippen LogP contribution in [-0.4, -0.2) is 28.5 Å². The standard InChI is InChI=1S/C23H25N3O3/c1-5-14(2)17-6-9-19(10-7-17)26-22(27)13-29-23(28)18-8-11-20-21(12-18)25-16(4)15(3)24-20/h6-12,14H,5,13H2,1-4H3,(H,26,27)/t14-/m0/s1. The first kappa shape index (κ1) is 20.5. The first-order chi connectivity index (χ1) is 13.9. The SMILES string of the molecule is CC[C@H](C)c1ccc(NC(=O)COC(=O)c2ccc3nc(C)c(C)nc3c2)cc1. The van der Waals surface area contributed by atoms with Crippen LogP contribution in [0.15, 0.2) is 42.5 Å². The maximum atomic E-state index is 12.3. The first-order valence-corrected chi connectivity index (χ1v) is 9.69. The molecule has 6 nitrogen and oxygen atoms in total. The zero-order valence-corrected chi connectivity index (χ0v) is 17.2. The summed E-state index contributed by atoms with van der Waals surface area (Å²) in [6, 6.07) is 12.7. The molecule has 0 radical (unpaired) electrons. The van der Waals surface area contributed by atoms with Crippen molar-refractivity contribution in [1.29, 1.82) is 0 Å². The summed E-state index contributed by atoms with van der Waals surface area (Å²) in [5.74, 6) is -0.490. The maximum Gasteiger partial charge on any atom is 0.338 e. The molecule has 0 aliphatic rings. The third-order valence-corrected chi connectivity index (χ3v) is 5.02. The van der Waals surface area contributed by atoms with Crippen LogP contribution >= 0.6 is 0 Å². The number of carbonyl (C=O) groups excluding carboxylic acids is 2. The number of nitrogens with one attached hydrogen (secondary N) is 1. The van der Waals surface area contributed by atoms with E-state index >= 15 is 0 Å². The quantitative estimate of drug-likeness (QED) is 0.623. The third-order valence-electron chi connectivity index (χ3n) is 5.02. The van der Waals surface area contributed by atoms with Gasteiger partial charge in [0.1, 0.15) is 0 Å². The maximum absolute atomic E-state index is 12.3. The van der Waals surface area contributed by atoms with Gasteiger partial charge in [-0.2, -0.15) is 0 Å². The fraction of sp³-hybridized carbons (Fsp3) is 0.304. The smallest absolute Gasteiger partial charge is 0.338 e. The van der Waals surface area contributed by atoms with Gasteiger partial charge in [0.25, 0.3) is 5.91 Å². The zero-order chi connectivity index (χ0) is 21.0. The molecule has 0 saturated carbocycles. The van der Waals surface area contributed by atoms with Gasteiger partial charge in [0.05, 0.1) is 28.0 Å². The lowest BCUT2D eigenvalue weighted by atomic mass is 9.99. The molecule has 0 aliphatic heterocycles. The van der Waals surface area contributed by atoms with Gasteiger partial charge in [0.15, 0.2) is 6.61 Å². The molecule has 150 valence electrons. The van der Waals surface area contributed by atoms with Crippen LogP contribution in [0.25, 0.3) is 11.0 Å². The summed E-state index contributed by atoms with van der Waals surface area (Å²) in [6.45, 7) is 7.70. The van der Waals surface area contributed by atoms with Gasteiger partial charge in [0.2, 0.25) is 0 Å². The van der Waals surface area contributed by atoms with E-state index in [0.717, 1.165) is 17.8 Å². The average Bonchev–Trinajstić information content (AvgIpc) is 2.72. The third kappa shape index (κ3) is 4.96. The second-order valence-corrected chi connectivity index (χ2v) is 7.15. The molecule has 1 heterocycles. The second-order valence-electron chi connectivity index (χ2n) is 7.15. The number of fused-ring (bicyclic) bond motifs is 1. The summed E-state index contributed by atoms with van der Waals surface area (Å²) in [4.78, 5) is 33.3. The molecule has 1 aromatic heterocycles. The molecule has 1 atom stereocenters. The molecular weight excluding hydrogens is 366 g/mol. The Hall–Kier alpha value is -3.28. The molecule has 29 heavy (non-hydrogen) atoms. The summed E-state index contributed by atoms with van der Waals surface area (Å²) < 4.78 is 5.15. The molecular formula is C23H25N3O3. The normalized spacial score (nSPS) is 11.9. The van der Waals surface area contributed by atoms with Crippen molar-refractivity contribution in [3.63, 3.8) is 0 Å². The van der Waals surface area contributed by atoms with E-state index in [4.69, 9.17) is 4.74 Å². The first-order valence-electron chi connectivity index (χ1n) is 9.69. The largest absolute Gasteiger partial charge is 0.452 e. The van der Waals surface area contributed by atoms with E-state index in [-0.39, 0.29) is 12.5 Å². The lowest BCUT2D eigenvalue weighted by Gasteiger charge is -2.11. The summed E-state index contributed by atoms with van der Waals surface area (Å²) in [5.41, 5.74) is 5.22. The highest BCUT2D eigenvalue weighted by Gasteiger charge is 2.13. The fourth-order valence-corrected chi connectivity index (χ4v) is 2.90. The second kappa shape index (κ2) is 8.82. The topological polar surface area (TPSA) is 81.2 Å². The van der Waals surface area contributed by atoms with Gasteiger partial charge in [0, 0.05) is 5.69 Å². The lowest BCUT2D eigenvalue weighted by molar-refractivity contribution is -0.119. The highest BCUT2D eigenvalue weighted by Crippen LogP contribution is 2.20. The van der Waals surface area contributed by atoms with E-state index in [1.165, 1.54) is 5.56 Å². The van der Waals surface area contributed by atoms with Crippen molar-refractivity contribution in [2.24, 2.45) is 0 Å². The van der Waals surface area contributed by atoms with Crippen LogP contribution in [0.1, 0.15) is 53.5 Å². The van der Waals surface area contributed by atoms with Gasteiger partial charge in [-0.3, -0.25) is 4.79 Å². The number of nitrogens with zero attached hydrogens (tertiary/aromatic N) is 2. The molecule has 0 unspecified atom stereocenters. The van der Waals surface area contributed by atoms with Gasteiger partial charge < -0.3 is 10.1 Å². The number of hydrogen-bond acceptors (Lipinski definition) is 5. The van der Waals surface area contributed by atoms with Crippen LogP contribution in [0.5, 0.6) is 0 Å². The Morgan fingerprint density at radius 2 is 1.66 bits per heavy atom. The molecule has 0 aliphatic carbocycles. The van der Waals surface area contributed by atoms with Crippen LogP contribution in [0, 0.1) is 13.8 Å². The molecule has 0 bridgehead atoms. The Balaban J connectivity index is 1.59. The van der Waals surface area contributed by atoms with E-state index in [2.05, 4.69) is 29.1 Å². The predicted molar refractivity (Wildman–Crippen MR) is 113 cm³/mol. The molecule has 3 rings (SSSR count). The lowest BCUT2D eigenvalue weighted by Crippen LogP contribution is -2.21. The van der Waals surface area contributed by atoms with Crippen molar-refractivity contribution in [1.82, 2.24) is 9.97 Å². The van der Waals surface area contributed by atoms with Crippen molar-refractivity contribution < 1.29 is 14.3 Å². The minimum absolute atomic E-state index is 0.334. The monoisotopic (exact) mass is 391 g/mol. The molecule has 0 saturated heterocycles. The van der Waals surface area contributed by atoms with Crippen molar-refractivity contribution in [3.05, 3.63) is 65.0 Å². The van der Waals surface area contributed by atoms with Crippen molar-refractivity contribution in [2.45, 2.75) is 40.0 Å². The average molecular weight is 391 g/mol. The van der Waals surface area contributed by atoms with Crippen molar-refractivity contribution in [3.8, 4) is 0 Å². The van der Waals surface area contributed by atoms with Crippen molar-refractivity contribution in [2.75, 3.05) is 11.9 Å². The van der Waals surface area contributed by atoms with Crippen LogP contribution in [0.4, 0.5) is 5.69 Å². The van der Waals surface area contributed by atoms with E-state index in [9.17, 15) is 9.59 Å². The number of ether oxygens (including phenoxy) is 1. The Morgan fingerprint density at radius 1 is 1.00 bits per heavy atom. The summed E-state index contributed by atoms with van der Waals surface area (Å²) in [7, 11) is 0. The van der Waals surface area contributed by atoms with Crippen LogP contribution in [-0.2, 0) is 9.53 Å². The van der Waals surface area contributed by atoms with Gasteiger partial charge in [-0.15, -0.1) is 0 Å². The van der Waals surface area contributed by atoms with E-state index in [1.807, 2.05) is 38.1 Å². The minimum atomic E-state index is -0.575. The number of carbonyl (C=O) groups is 2. The van der Waals surface area contributed by atoms with Crippen LogP contribution in [0.2, 0.25) is 0 Å². The van der Waals surface area contributed by atoms with E-state index in [0.29, 0.717) is 28.2 Å². The molecule has 2 aromatic carbocycles. The van der Waals surface area contributed by atoms with Gasteiger partial charge in [-0.1, -0.05) is 26.0 Å². The number of aryl methyl sites for hydroxylation is 2. The van der Waals surface area contributed by atoms with Crippen LogP contribution in [0.3, 0.4) is 0 Å².